The van der Waals surface area contributed by atoms with Crippen LogP contribution in [0.3, 0.4) is 0 Å². The molecule has 0 saturated heterocycles. The maximum Gasteiger partial charge on any atom is 0.586 e. The summed E-state index contributed by atoms with van der Waals surface area (Å²) in [6, 6.07) is 6.63. The molecular weight excluding hydrogens is 390 g/mol. The Morgan fingerprint density at radius 3 is 2.67 bits per heavy atom. The van der Waals surface area contributed by atoms with Gasteiger partial charge in [-0.1, -0.05) is 12.1 Å². The number of carbonyl (C=O) groups excluding carboxylic acids is 1. The second-order valence-corrected chi connectivity index (χ2v) is 8.25. The summed E-state index contributed by atoms with van der Waals surface area (Å²) >= 11 is 0. The van der Waals surface area contributed by atoms with Crippen LogP contribution in [0.4, 0.5) is 14.6 Å². The van der Waals surface area contributed by atoms with Gasteiger partial charge in [0.2, 0.25) is 5.91 Å². The van der Waals surface area contributed by atoms with Crippen LogP contribution in [0.1, 0.15) is 55.2 Å². The molecule has 7 heteroatoms. The molecule has 5 rings (SSSR count). The van der Waals surface area contributed by atoms with Crippen LogP contribution in [0, 0.1) is 6.92 Å². The Hall–Kier alpha value is -2.96. The normalized spacial score (nSPS) is 20.4. The number of rotatable bonds is 4. The topological polar surface area (TPSA) is 60.5 Å². The van der Waals surface area contributed by atoms with Crippen molar-refractivity contribution < 1.29 is 23.0 Å². The number of nitrogens with zero attached hydrogens (tertiary/aromatic N) is 1. The Bertz CT molecular complexity index is 1060. The van der Waals surface area contributed by atoms with E-state index in [1.807, 2.05) is 6.92 Å². The van der Waals surface area contributed by atoms with E-state index in [0.717, 1.165) is 30.4 Å². The van der Waals surface area contributed by atoms with Gasteiger partial charge in [0.25, 0.3) is 0 Å². The zero-order valence-corrected chi connectivity index (χ0v) is 16.6. The molecule has 2 aromatic rings. The van der Waals surface area contributed by atoms with Gasteiger partial charge >= 0.3 is 6.29 Å². The zero-order valence-electron chi connectivity index (χ0n) is 16.6. The number of amides is 1. The van der Waals surface area contributed by atoms with Gasteiger partial charge in [-0.05, 0) is 80.3 Å². The number of allylic oxidation sites excluding steroid dienone is 2. The van der Waals surface area contributed by atoms with Gasteiger partial charge in [0.1, 0.15) is 5.82 Å². The summed E-state index contributed by atoms with van der Waals surface area (Å²) in [6.07, 6.45) is 5.87. The van der Waals surface area contributed by atoms with Crippen molar-refractivity contribution in [3.8, 4) is 11.5 Å². The number of aryl methyl sites for hydroxylation is 1. The van der Waals surface area contributed by atoms with Crippen molar-refractivity contribution in [2.75, 3.05) is 5.32 Å². The number of hydrogen-bond donors (Lipinski definition) is 1. The molecule has 0 bridgehead atoms. The highest BCUT2D eigenvalue weighted by molar-refractivity contribution is 6.02. The summed E-state index contributed by atoms with van der Waals surface area (Å²) in [5.41, 5.74) is 3.09. The molecule has 1 fully saturated rings. The Kier molecular flexibility index (Phi) is 4.31. The highest BCUT2D eigenvalue weighted by Gasteiger charge is 2.53. The monoisotopic (exact) mass is 412 g/mol. The number of carbonyl (C=O) groups is 1. The van der Waals surface area contributed by atoms with Crippen LogP contribution in [0.15, 0.2) is 36.5 Å². The van der Waals surface area contributed by atoms with Crippen LogP contribution in [0.2, 0.25) is 0 Å². The number of fused-ring (bicyclic) bond motifs is 1. The van der Waals surface area contributed by atoms with Crippen LogP contribution in [0.25, 0.3) is 5.57 Å². The van der Waals surface area contributed by atoms with E-state index in [1.54, 1.807) is 12.3 Å². The average molecular weight is 412 g/mol. The second kappa shape index (κ2) is 6.79. The summed E-state index contributed by atoms with van der Waals surface area (Å²) in [4.78, 5) is 17.7. The molecule has 0 radical (unpaired) electrons. The van der Waals surface area contributed by atoms with E-state index in [-0.39, 0.29) is 17.4 Å². The van der Waals surface area contributed by atoms with Crippen LogP contribution in [0.5, 0.6) is 11.5 Å². The summed E-state index contributed by atoms with van der Waals surface area (Å²) in [5.74, 6) is 0.309. The minimum absolute atomic E-state index is 0.0216. The standard InChI is InChI=1S/C23H22F2N2O3/c1-14-11-17(15-5-3-2-4-6-15)20(26-13-14)27-21(28)22(9-10-22)16-7-8-18-19(12-16)30-23(24,25)29-18/h5,7-8,11-13H,2-4,6,9-10H2,1H3,(H,26,27,28). The van der Waals surface area contributed by atoms with E-state index in [4.69, 9.17) is 0 Å². The van der Waals surface area contributed by atoms with Gasteiger partial charge in [-0.3, -0.25) is 4.79 Å². The molecule has 1 amide bonds. The lowest BCUT2D eigenvalue weighted by Gasteiger charge is -2.20. The largest absolute Gasteiger partial charge is 0.586 e. The molecule has 2 aliphatic carbocycles. The lowest BCUT2D eigenvalue weighted by atomic mass is 9.92. The van der Waals surface area contributed by atoms with Crippen LogP contribution >= 0.6 is 0 Å². The molecule has 1 aliphatic heterocycles. The van der Waals surface area contributed by atoms with Gasteiger partial charge in [0.05, 0.1) is 5.41 Å². The number of hydrogen-bond acceptors (Lipinski definition) is 4. The van der Waals surface area contributed by atoms with E-state index >= 15 is 0 Å². The number of aromatic nitrogens is 1. The van der Waals surface area contributed by atoms with E-state index < -0.39 is 11.7 Å². The SMILES string of the molecule is Cc1cnc(NC(=O)C2(c3ccc4c(c3)OC(F)(F)O4)CC2)c(C2=CCCCC2)c1. The van der Waals surface area contributed by atoms with Crippen molar-refractivity contribution in [2.24, 2.45) is 0 Å². The molecule has 2 heterocycles. The van der Waals surface area contributed by atoms with Crippen molar-refractivity contribution in [3.05, 3.63) is 53.2 Å². The average Bonchev–Trinajstić information content (AvgIpc) is 3.47. The van der Waals surface area contributed by atoms with E-state index in [0.29, 0.717) is 24.2 Å². The molecule has 0 spiro atoms. The second-order valence-electron chi connectivity index (χ2n) is 8.25. The van der Waals surface area contributed by atoms with Crippen LogP contribution < -0.4 is 14.8 Å². The number of halogens is 2. The molecule has 1 aromatic carbocycles. The number of anilines is 1. The number of benzene rings is 1. The molecule has 1 N–H and O–H groups in total. The van der Waals surface area contributed by atoms with Crippen molar-refractivity contribution >= 4 is 17.3 Å². The highest BCUT2D eigenvalue weighted by Crippen LogP contribution is 2.52. The fourth-order valence-corrected chi connectivity index (χ4v) is 4.24. The minimum atomic E-state index is -3.67. The number of nitrogens with one attached hydrogen (secondary N) is 1. The van der Waals surface area contributed by atoms with Gasteiger partial charge < -0.3 is 14.8 Å². The van der Waals surface area contributed by atoms with E-state index in [9.17, 15) is 13.6 Å². The van der Waals surface area contributed by atoms with Crippen molar-refractivity contribution in [2.45, 2.75) is 57.2 Å². The van der Waals surface area contributed by atoms with E-state index in [2.05, 4.69) is 31.9 Å². The molecule has 0 unspecified atom stereocenters. The first-order chi connectivity index (χ1) is 14.4. The van der Waals surface area contributed by atoms with Crippen LogP contribution in [-0.2, 0) is 10.2 Å². The maximum atomic E-state index is 13.3. The number of ether oxygens (including phenoxy) is 2. The Morgan fingerprint density at radius 2 is 1.93 bits per heavy atom. The molecular formula is C23H22F2N2O3. The number of pyridine rings is 1. The molecule has 30 heavy (non-hydrogen) atoms. The lowest BCUT2D eigenvalue weighted by molar-refractivity contribution is -0.286. The fraction of sp³-hybridized carbons (Fsp3) is 0.391. The third-order valence-corrected chi connectivity index (χ3v) is 6.03. The molecule has 1 saturated carbocycles. The predicted molar refractivity (Wildman–Crippen MR) is 108 cm³/mol. The van der Waals surface area contributed by atoms with Gasteiger partial charge in [0.15, 0.2) is 11.5 Å². The number of alkyl halides is 2. The Labute approximate surface area is 173 Å². The first kappa shape index (κ1) is 19.0. The quantitative estimate of drug-likeness (QED) is 0.737. The van der Waals surface area contributed by atoms with Crippen LogP contribution in [-0.4, -0.2) is 17.2 Å². The highest BCUT2D eigenvalue weighted by atomic mass is 19.3. The summed E-state index contributed by atoms with van der Waals surface area (Å²) in [6.45, 7) is 1.98. The third kappa shape index (κ3) is 3.32. The third-order valence-electron chi connectivity index (χ3n) is 6.03. The fourth-order valence-electron chi connectivity index (χ4n) is 4.24. The molecule has 5 nitrogen and oxygen atoms in total. The van der Waals surface area contributed by atoms with Crippen molar-refractivity contribution in [3.63, 3.8) is 0 Å². The maximum absolute atomic E-state index is 13.3. The van der Waals surface area contributed by atoms with Gasteiger partial charge in [-0.15, -0.1) is 8.78 Å². The zero-order chi connectivity index (χ0) is 20.9. The summed E-state index contributed by atoms with van der Waals surface area (Å²) < 4.78 is 35.7. The van der Waals surface area contributed by atoms with Gasteiger partial charge in [-0.25, -0.2) is 4.98 Å². The Balaban J connectivity index is 1.42. The minimum Gasteiger partial charge on any atom is -0.395 e. The molecule has 156 valence electrons. The molecule has 3 aliphatic rings. The first-order valence-corrected chi connectivity index (χ1v) is 10.2. The van der Waals surface area contributed by atoms with Gasteiger partial charge in [-0.2, -0.15) is 0 Å². The molecule has 1 aromatic heterocycles. The predicted octanol–water partition coefficient (Wildman–Crippen LogP) is 5.34. The molecule has 0 atom stereocenters. The van der Waals surface area contributed by atoms with Crippen molar-refractivity contribution in [1.29, 1.82) is 0 Å². The summed E-state index contributed by atoms with van der Waals surface area (Å²) in [7, 11) is 0. The van der Waals surface area contributed by atoms with E-state index in [1.165, 1.54) is 24.1 Å². The van der Waals surface area contributed by atoms with Crippen molar-refractivity contribution in [1.82, 2.24) is 4.98 Å². The smallest absolute Gasteiger partial charge is 0.395 e. The Morgan fingerprint density at radius 1 is 1.13 bits per heavy atom. The summed E-state index contributed by atoms with van der Waals surface area (Å²) in [5, 5.41) is 3.01. The first-order valence-electron chi connectivity index (χ1n) is 10.2. The van der Waals surface area contributed by atoms with Gasteiger partial charge in [0, 0.05) is 11.8 Å². The lowest BCUT2D eigenvalue weighted by Crippen LogP contribution is -2.28.